The van der Waals surface area contributed by atoms with Crippen LogP contribution in [0.1, 0.15) is 15.9 Å². The van der Waals surface area contributed by atoms with Gasteiger partial charge in [-0.15, -0.1) is 0 Å². The number of amides is 1. The Hall–Kier alpha value is -3.72. The van der Waals surface area contributed by atoms with Crippen molar-refractivity contribution in [2.24, 2.45) is 0 Å². The number of nitrogens with zero attached hydrogens (tertiary/aromatic N) is 1. The summed E-state index contributed by atoms with van der Waals surface area (Å²) in [4.78, 5) is 22.7. The van der Waals surface area contributed by atoms with Crippen LogP contribution in [0.2, 0.25) is 0 Å². The van der Waals surface area contributed by atoms with E-state index in [1.165, 1.54) is 36.4 Å². The molecule has 0 aliphatic carbocycles. The molecular weight excluding hydrogens is 394 g/mol. The van der Waals surface area contributed by atoms with E-state index >= 15 is 0 Å². The third-order valence-electron chi connectivity index (χ3n) is 4.10. The van der Waals surface area contributed by atoms with Gasteiger partial charge in [-0.25, -0.2) is 8.42 Å². The molecule has 2 N–H and O–H groups in total. The maximum absolute atomic E-state index is 12.8. The van der Waals surface area contributed by atoms with Crippen molar-refractivity contribution in [2.45, 2.75) is 11.8 Å². The third kappa shape index (κ3) is 4.77. The maximum Gasteiger partial charge on any atom is 0.269 e. The molecule has 0 fully saturated rings. The molecule has 0 spiro atoms. The van der Waals surface area contributed by atoms with E-state index in [0.717, 1.165) is 0 Å². The van der Waals surface area contributed by atoms with Crippen molar-refractivity contribution in [3.8, 4) is 0 Å². The van der Waals surface area contributed by atoms with Crippen LogP contribution in [0.25, 0.3) is 0 Å². The Balaban J connectivity index is 1.84. The SMILES string of the molecule is Cc1ccc(C(=O)Nc2ccc([N+](=O)[O-])cc2)cc1S(=O)(=O)Nc1ccccc1. The number of anilines is 2. The van der Waals surface area contributed by atoms with Gasteiger partial charge in [0.2, 0.25) is 0 Å². The lowest BCUT2D eigenvalue weighted by Crippen LogP contribution is -2.17. The summed E-state index contributed by atoms with van der Waals surface area (Å²) in [7, 11) is -3.89. The van der Waals surface area contributed by atoms with Gasteiger partial charge in [0.25, 0.3) is 21.6 Å². The van der Waals surface area contributed by atoms with Gasteiger partial charge < -0.3 is 5.32 Å². The number of carbonyl (C=O) groups is 1. The molecule has 0 bridgehead atoms. The quantitative estimate of drug-likeness (QED) is 0.470. The van der Waals surface area contributed by atoms with E-state index in [1.54, 1.807) is 43.3 Å². The predicted molar refractivity (Wildman–Crippen MR) is 109 cm³/mol. The summed E-state index contributed by atoms with van der Waals surface area (Å²) in [5.41, 5.74) is 1.29. The summed E-state index contributed by atoms with van der Waals surface area (Å²) >= 11 is 0. The second kappa shape index (κ2) is 8.11. The molecule has 0 unspecified atom stereocenters. The first-order chi connectivity index (χ1) is 13.8. The minimum Gasteiger partial charge on any atom is -0.322 e. The van der Waals surface area contributed by atoms with Crippen LogP contribution < -0.4 is 10.0 Å². The number of sulfonamides is 1. The monoisotopic (exact) mass is 411 g/mol. The van der Waals surface area contributed by atoms with Crippen LogP contribution in [0.15, 0.2) is 77.7 Å². The molecule has 0 saturated heterocycles. The zero-order chi connectivity index (χ0) is 21.0. The van der Waals surface area contributed by atoms with E-state index in [-0.39, 0.29) is 16.1 Å². The molecule has 0 aliphatic heterocycles. The van der Waals surface area contributed by atoms with Crippen molar-refractivity contribution in [3.63, 3.8) is 0 Å². The summed E-state index contributed by atoms with van der Waals surface area (Å²) in [5, 5.41) is 13.3. The Morgan fingerprint density at radius 2 is 1.59 bits per heavy atom. The van der Waals surface area contributed by atoms with Crippen LogP contribution in [0.3, 0.4) is 0 Å². The molecule has 0 heterocycles. The molecule has 29 heavy (non-hydrogen) atoms. The van der Waals surface area contributed by atoms with E-state index in [0.29, 0.717) is 16.9 Å². The molecule has 0 aliphatic rings. The molecule has 3 aromatic rings. The van der Waals surface area contributed by atoms with Crippen molar-refractivity contribution in [1.82, 2.24) is 0 Å². The van der Waals surface area contributed by atoms with Crippen molar-refractivity contribution < 1.29 is 18.1 Å². The van der Waals surface area contributed by atoms with Gasteiger partial charge in [0.05, 0.1) is 9.82 Å². The zero-order valence-electron chi connectivity index (χ0n) is 15.3. The maximum atomic E-state index is 12.8. The van der Waals surface area contributed by atoms with Gasteiger partial charge >= 0.3 is 0 Å². The lowest BCUT2D eigenvalue weighted by atomic mass is 10.1. The van der Waals surface area contributed by atoms with Gasteiger partial charge in [0.1, 0.15) is 0 Å². The van der Waals surface area contributed by atoms with Crippen LogP contribution in [-0.2, 0) is 10.0 Å². The average Bonchev–Trinajstić information content (AvgIpc) is 2.69. The number of nitro groups is 1. The van der Waals surface area contributed by atoms with E-state index < -0.39 is 20.9 Å². The molecule has 0 aromatic heterocycles. The Labute approximate surface area is 167 Å². The standard InChI is InChI=1S/C20H17N3O5S/c1-14-7-8-15(20(24)21-16-9-11-18(12-10-16)23(25)26)13-19(14)29(27,28)22-17-5-3-2-4-6-17/h2-13,22H,1H3,(H,21,24). The van der Waals surface area contributed by atoms with Gasteiger partial charge in [0, 0.05) is 29.1 Å². The van der Waals surface area contributed by atoms with Crippen LogP contribution in [0.5, 0.6) is 0 Å². The number of hydrogen-bond acceptors (Lipinski definition) is 5. The third-order valence-corrected chi connectivity index (χ3v) is 5.63. The zero-order valence-corrected chi connectivity index (χ0v) is 16.1. The number of nitrogens with one attached hydrogen (secondary N) is 2. The molecule has 3 aromatic carbocycles. The number of hydrogen-bond donors (Lipinski definition) is 2. The molecule has 3 rings (SSSR count). The number of benzene rings is 3. The van der Waals surface area contributed by atoms with Crippen LogP contribution in [-0.4, -0.2) is 19.2 Å². The average molecular weight is 411 g/mol. The highest BCUT2D eigenvalue weighted by Gasteiger charge is 2.19. The minimum atomic E-state index is -3.89. The first kappa shape index (κ1) is 20.0. The number of nitro benzene ring substituents is 1. The van der Waals surface area contributed by atoms with Gasteiger partial charge in [-0.2, -0.15) is 0 Å². The smallest absolute Gasteiger partial charge is 0.269 e. The van der Waals surface area contributed by atoms with Crippen LogP contribution >= 0.6 is 0 Å². The summed E-state index contributed by atoms with van der Waals surface area (Å²) in [5.74, 6) is -0.532. The highest BCUT2D eigenvalue weighted by Crippen LogP contribution is 2.22. The molecule has 8 nitrogen and oxygen atoms in total. The Morgan fingerprint density at radius 1 is 0.931 bits per heavy atom. The number of carbonyl (C=O) groups excluding carboxylic acids is 1. The summed E-state index contributed by atoms with van der Waals surface area (Å²) in [6, 6.07) is 18.1. The predicted octanol–water partition coefficient (Wildman–Crippen LogP) is 3.96. The van der Waals surface area contributed by atoms with E-state index in [1.807, 2.05) is 0 Å². The van der Waals surface area contributed by atoms with Gasteiger partial charge in [-0.3, -0.25) is 19.6 Å². The van der Waals surface area contributed by atoms with Crippen molar-refractivity contribution in [2.75, 3.05) is 10.0 Å². The lowest BCUT2D eigenvalue weighted by Gasteiger charge is -2.12. The fourth-order valence-electron chi connectivity index (χ4n) is 2.62. The number of non-ortho nitro benzene ring substituents is 1. The van der Waals surface area contributed by atoms with E-state index in [9.17, 15) is 23.3 Å². The van der Waals surface area contributed by atoms with Crippen molar-refractivity contribution in [3.05, 3.63) is 94.0 Å². The van der Waals surface area contributed by atoms with Gasteiger partial charge in [-0.1, -0.05) is 24.3 Å². The fourth-order valence-corrected chi connectivity index (χ4v) is 3.95. The lowest BCUT2D eigenvalue weighted by molar-refractivity contribution is -0.384. The highest BCUT2D eigenvalue weighted by atomic mass is 32.2. The second-order valence-corrected chi connectivity index (χ2v) is 7.86. The van der Waals surface area contributed by atoms with E-state index in [4.69, 9.17) is 0 Å². The molecule has 1 amide bonds. The number of para-hydroxylation sites is 1. The molecule has 148 valence electrons. The second-order valence-electron chi connectivity index (χ2n) is 6.21. The summed E-state index contributed by atoms with van der Waals surface area (Å²) < 4.78 is 28.0. The van der Waals surface area contributed by atoms with Crippen LogP contribution in [0.4, 0.5) is 17.1 Å². The number of rotatable bonds is 6. The first-order valence-electron chi connectivity index (χ1n) is 8.50. The highest BCUT2D eigenvalue weighted by molar-refractivity contribution is 7.92. The van der Waals surface area contributed by atoms with Crippen molar-refractivity contribution in [1.29, 1.82) is 0 Å². The van der Waals surface area contributed by atoms with Crippen LogP contribution in [0, 0.1) is 17.0 Å². The van der Waals surface area contributed by atoms with Crippen molar-refractivity contribution >= 4 is 33.0 Å². The molecule has 0 atom stereocenters. The molecule has 0 radical (unpaired) electrons. The summed E-state index contributed by atoms with van der Waals surface area (Å²) in [6.45, 7) is 1.64. The normalized spacial score (nSPS) is 10.9. The fraction of sp³-hybridized carbons (Fsp3) is 0.0500. The molecule has 9 heteroatoms. The number of aryl methyl sites for hydroxylation is 1. The molecular formula is C20H17N3O5S. The van der Waals surface area contributed by atoms with Gasteiger partial charge in [-0.05, 0) is 48.9 Å². The summed E-state index contributed by atoms with van der Waals surface area (Å²) in [6.07, 6.45) is 0. The Morgan fingerprint density at radius 3 is 2.21 bits per heavy atom. The topological polar surface area (TPSA) is 118 Å². The minimum absolute atomic E-state index is 0.0160. The Bertz CT molecular complexity index is 1160. The van der Waals surface area contributed by atoms with E-state index in [2.05, 4.69) is 10.0 Å². The Kier molecular flexibility index (Phi) is 5.60. The van der Waals surface area contributed by atoms with Gasteiger partial charge in [0.15, 0.2) is 0 Å². The largest absolute Gasteiger partial charge is 0.322 e. The first-order valence-corrected chi connectivity index (χ1v) is 9.99. The molecule has 0 saturated carbocycles.